The van der Waals surface area contributed by atoms with E-state index in [1.165, 1.54) is 120 Å². The fraction of sp³-hybridized carbons (Fsp3) is 0.722. The van der Waals surface area contributed by atoms with Gasteiger partial charge < -0.3 is 0 Å². The molecule has 0 saturated carbocycles. The molecule has 1 aliphatic rings. The average Bonchev–Trinajstić information content (AvgIpc) is 3.61. The van der Waals surface area contributed by atoms with Crippen LogP contribution in [0.4, 0.5) is 0 Å². The Morgan fingerprint density at radius 2 is 1.03 bits per heavy atom. The van der Waals surface area contributed by atoms with E-state index in [0.29, 0.717) is 0 Å². The van der Waals surface area contributed by atoms with Crippen LogP contribution in [0.5, 0.6) is 0 Å². The van der Waals surface area contributed by atoms with Crippen LogP contribution in [0, 0.1) is 6.92 Å². The van der Waals surface area contributed by atoms with Crippen LogP contribution >= 0.6 is 22.7 Å². The van der Waals surface area contributed by atoms with Gasteiger partial charge >= 0.3 is 218 Å². The van der Waals surface area contributed by atoms with Crippen molar-refractivity contribution in [3.63, 3.8) is 0 Å². The molecule has 2 heterocycles. The molecule has 0 N–H and O–H groups in total. The van der Waals surface area contributed by atoms with Crippen molar-refractivity contribution in [3.8, 4) is 9.75 Å². The molecule has 0 spiro atoms. The van der Waals surface area contributed by atoms with Gasteiger partial charge in [0.25, 0.3) is 0 Å². The molecule has 0 atom stereocenters. The summed E-state index contributed by atoms with van der Waals surface area (Å²) >= 11 is 1.93. The zero-order valence-electron chi connectivity index (χ0n) is 26.4. The van der Waals surface area contributed by atoms with E-state index in [1.54, 1.807) is 39.8 Å². The minimum atomic E-state index is -2.39. The van der Waals surface area contributed by atoms with Gasteiger partial charge in [0.15, 0.2) is 0 Å². The van der Waals surface area contributed by atoms with Gasteiger partial charge in [-0.05, 0) is 0 Å². The molecule has 39 heavy (non-hydrogen) atoms. The van der Waals surface area contributed by atoms with Crippen molar-refractivity contribution < 1.29 is 0 Å². The molecule has 0 unspecified atom stereocenters. The zero-order chi connectivity index (χ0) is 27.9. The maximum atomic E-state index is 2.77. The number of rotatable bonds is 22. The third-order valence-corrected chi connectivity index (χ3v) is 29.6. The van der Waals surface area contributed by atoms with Crippen molar-refractivity contribution in [1.29, 1.82) is 0 Å². The number of aryl methyl sites for hydroxylation is 1. The summed E-state index contributed by atoms with van der Waals surface area (Å²) in [5.74, 6) is 0. The zero-order valence-corrected chi connectivity index (χ0v) is 30.9. The fourth-order valence-corrected chi connectivity index (χ4v) is 28.1. The minimum absolute atomic E-state index is 1.25. The predicted octanol–water partition coefficient (Wildman–Crippen LogP) is 13.3. The van der Waals surface area contributed by atoms with Gasteiger partial charge in [0.2, 0.25) is 0 Å². The van der Waals surface area contributed by atoms with Crippen molar-refractivity contribution in [1.82, 2.24) is 0 Å². The second-order valence-electron chi connectivity index (χ2n) is 12.5. The maximum absolute atomic E-state index is 2.77. The van der Waals surface area contributed by atoms with Crippen LogP contribution in [0.3, 0.4) is 0 Å². The summed E-state index contributed by atoms with van der Waals surface area (Å²) in [5.41, 5.74) is 4.79. The Morgan fingerprint density at radius 1 is 0.564 bits per heavy atom. The summed E-state index contributed by atoms with van der Waals surface area (Å²) in [6.07, 6.45) is 28.0. The van der Waals surface area contributed by atoms with Gasteiger partial charge in [0.1, 0.15) is 0 Å². The molecule has 0 nitrogen and oxygen atoms in total. The van der Waals surface area contributed by atoms with E-state index < -0.39 is 18.4 Å². The Balaban J connectivity index is 1.66. The fourth-order valence-electron chi connectivity index (χ4n) is 6.61. The first-order valence-corrected chi connectivity index (χ1v) is 26.2. The molecule has 0 aliphatic heterocycles. The van der Waals surface area contributed by atoms with Gasteiger partial charge in [-0.1, -0.05) is 39.0 Å². The molecule has 3 rings (SSSR count). The molecule has 2 aromatic heterocycles. The summed E-state index contributed by atoms with van der Waals surface area (Å²) in [7, 11) is 0. The van der Waals surface area contributed by atoms with Crippen molar-refractivity contribution in [2.45, 2.75) is 164 Å². The number of hydrogen-bond donors (Lipinski definition) is 0. The van der Waals surface area contributed by atoms with Gasteiger partial charge in [-0.3, -0.25) is 0 Å². The van der Waals surface area contributed by atoms with Crippen molar-refractivity contribution in [3.05, 3.63) is 34.2 Å². The summed E-state index contributed by atoms with van der Waals surface area (Å²) in [4.78, 5) is 4.73. The standard InChI is InChI=1S/C24H33S2.3C4H9.Sn/c1-3-4-5-6-7-8-9-10-11-12-13-14-15-20-21-16-17-25-23(21)24-22(20)18-19(2)26-24;3*1-3-4-2;/h15-16,18H,3-14H2,1-2H3;3*1,3-4H2,2H3;/b20-15-;;;;. The Hall–Kier alpha value is -0.0613. The van der Waals surface area contributed by atoms with E-state index in [9.17, 15) is 0 Å². The Labute approximate surface area is 255 Å². The molecule has 0 radical (unpaired) electrons. The van der Waals surface area contributed by atoms with Gasteiger partial charge in [-0.2, -0.15) is 0 Å². The van der Waals surface area contributed by atoms with Crippen molar-refractivity contribution in [2.24, 2.45) is 0 Å². The van der Waals surface area contributed by atoms with Crippen LogP contribution in [0.2, 0.25) is 13.3 Å². The normalized spacial score (nSPS) is 13.9. The predicted molar refractivity (Wildman–Crippen MR) is 185 cm³/mol. The first-order valence-electron chi connectivity index (χ1n) is 17.1. The molecular formula is C36H60S2Sn. The van der Waals surface area contributed by atoms with Gasteiger partial charge in [0, 0.05) is 0 Å². The van der Waals surface area contributed by atoms with Crippen LogP contribution in [0.25, 0.3) is 15.3 Å². The number of thiophene rings is 2. The van der Waals surface area contributed by atoms with Crippen LogP contribution in [-0.4, -0.2) is 18.4 Å². The summed E-state index contributed by atoms with van der Waals surface area (Å²) < 4.78 is 6.66. The topological polar surface area (TPSA) is 0 Å². The molecule has 0 aromatic carbocycles. The van der Waals surface area contributed by atoms with Crippen LogP contribution in [0.15, 0.2) is 18.2 Å². The van der Waals surface area contributed by atoms with Crippen molar-refractivity contribution in [2.75, 3.05) is 0 Å². The van der Waals surface area contributed by atoms with Crippen LogP contribution in [0.1, 0.15) is 159 Å². The van der Waals surface area contributed by atoms with Crippen LogP contribution in [-0.2, 0) is 0 Å². The molecule has 3 heteroatoms. The van der Waals surface area contributed by atoms with Gasteiger partial charge in [0.05, 0.1) is 0 Å². The third-order valence-electron chi connectivity index (χ3n) is 9.08. The Bertz CT molecular complexity index is 957. The van der Waals surface area contributed by atoms with E-state index in [0.717, 1.165) is 0 Å². The molecule has 220 valence electrons. The monoisotopic (exact) mass is 676 g/mol. The van der Waals surface area contributed by atoms with Crippen molar-refractivity contribution >= 4 is 49.5 Å². The molecule has 0 fully saturated rings. The molecule has 0 bridgehead atoms. The number of allylic oxidation sites excluding steroid dienone is 1. The second-order valence-corrected chi connectivity index (χ2v) is 29.0. The molecule has 1 aliphatic carbocycles. The summed E-state index contributed by atoms with van der Waals surface area (Å²) in [5, 5.41) is 0. The van der Waals surface area contributed by atoms with Gasteiger partial charge in [-0.25, -0.2) is 0 Å². The molecule has 0 saturated heterocycles. The quantitative estimate of drug-likeness (QED) is 0.0735. The second kappa shape index (κ2) is 18.5. The number of fused-ring (bicyclic) bond motifs is 3. The Kier molecular flexibility index (Phi) is 15.8. The molecule has 2 aromatic rings. The van der Waals surface area contributed by atoms with E-state index in [-0.39, 0.29) is 0 Å². The number of hydrogen-bond acceptors (Lipinski definition) is 2. The summed E-state index contributed by atoms with van der Waals surface area (Å²) in [6.45, 7) is 11.8. The first-order chi connectivity index (χ1) is 19.1. The van der Waals surface area contributed by atoms with E-state index >= 15 is 0 Å². The SMILES string of the molecule is CCCCCCCCCCCCC/C=C1\c2cc(C)sc2-c2s[c]([Sn]([CH2]CCC)([CH2]CCC)[CH2]CCC)cc21. The van der Waals surface area contributed by atoms with Crippen LogP contribution < -0.4 is 2.89 Å². The van der Waals surface area contributed by atoms with E-state index in [2.05, 4.69) is 75.5 Å². The average molecular weight is 676 g/mol. The summed E-state index contributed by atoms with van der Waals surface area (Å²) in [6, 6.07) is 5.26. The molecular weight excluding hydrogens is 615 g/mol. The third kappa shape index (κ3) is 9.74. The van der Waals surface area contributed by atoms with E-state index in [4.69, 9.17) is 0 Å². The first kappa shape index (κ1) is 33.4. The molecule has 0 amide bonds. The number of unbranched alkanes of at least 4 members (excludes halogenated alkanes) is 14. The Morgan fingerprint density at radius 3 is 1.56 bits per heavy atom. The van der Waals surface area contributed by atoms with E-state index in [1.807, 2.05) is 2.89 Å². The van der Waals surface area contributed by atoms with Gasteiger partial charge in [-0.15, -0.1) is 0 Å².